The Hall–Kier alpha value is -1.35. The van der Waals surface area contributed by atoms with E-state index in [1.54, 1.807) is 0 Å². The van der Waals surface area contributed by atoms with Crippen LogP contribution in [0.4, 0.5) is 0 Å². The summed E-state index contributed by atoms with van der Waals surface area (Å²) in [7, 11) is 0. The van der Waals surface area contributed by atoms with Crippen LogP contribution < -0.4 is 0 Å². The minimum atomic E-state index is -0.451. The van der Waals surface area contributed by atoms with Gasteiger partial charge in [0.1, 0.15) is 0 Å². The van der Waals surface area contributed by atoms with Crippen LogP contribution in [0.5, 0.6) is 0 Å². The molecule has 0 saturated carbocycles. The Bertz CT molecular complexity index is 370. The molecular formula is C13H16O3. The zero-order valence-electron chi connectivity index (χ0n) is 9.60. The Morgan fingerprint density at radius 3 is 2.62 bits per heavy atom. The number of cyclic esters (lactones) is 1. The molecule has 1 fully saturated rings. The molecule has 0 N–H and O–H groups in total. The van der Waals surface area contributed by atoms with E-state index < -0.39 is 6.10 Å². The predicted octanol–water partition coefficient (Wildman–Crippen LogP) is 2.15. The van der Waals surface area contributed by atoms with Crippen LogP contribution in [0, 0.1) is 5.41 Å². The second-order valence-corrected chi connectivity index (χ2v) is 4.77. The van der Waals surface area contributed by atoms with Crippen LogP contribution >= 0.6 is 0 Å². The largest absolute Gasteiger partial charge is 0.463 e. The van der Waals surface area contributed by atoms with Crippen molar-refractivity contribution in [2.45, 2.75) is 26.6 Å². The molecule has 16 heavy (non-hydrogen) atoms. The number of hydrogen-bond donors (Lipinski definition) is 0. The third-order valence-corrected chi connectivity index (χ3v) is 2.77. The average Bonchev–Trinajstić information content (AvgIpc) is 2.52. The molecule has 1 saturated heterocycles. The molecule has 0 radical (unpaired) electrons. The van der Waals surface area contributed by atoms with Crippen molar-refractivity contribution in [1.82, 2.24) is 0 Å². The van der Waals surface area contributed by atoms with E-state index in [2.05, 4.69) is 0 Å². The van der Waals surface area contributed by atoms with Crippen molar-refractivity contribution in [3.63, 3.8) is 0 Å². The van der Waals surface area contributed by atoms with Gasteiger partial charge in [-0.15, -0.1) is 0 Å². The van der Waals surface area contributed by atoms with Crippen LogP contribution in [0.15, 0.2) is 30.3 Å². The van der Waals surface area contributed by atoms with Crippen molar-refractivity contribution in [2.75, 3.05) is 6.61 Å². The summed E-state index contributed by atoms with van der Waals surface area (Å²) in [4.78, 5) is 11.5. The molecule has 1 aliphatic rings. The standard InChI is InChI=1S/C13H16O3/c1-13(2)9-16-12(14)11(13)15-8-10-6-4-3-5-7-10/h3-7,11H,8-9H2,1-2H3. The summed E-state index contributed by atoms with van der Waals surface area (Å²) in [5.74, 6) is -0.249. The highest BCUT2D eigenvalue weighted by Crippen LogP contribution is 2.31. The highest BCUT2D eigenvalue weighted by atomic mass is 16.6. The molecule has 0 spiro atoms. The van der Waals surface area contributed by atoms with Gasteiger partial charge >= 0.3 is 5.97 Å². The predicted molar refractivity (Wildman–Crippen MR) is 59.8 cm³/mol. The summed E-state index contributed by atoms with van der Waals surface area (Å²) in [5.41, 5.74) is 0.837. The molecule has 2 rings (SSSR count). The molecule has 0 aromatic heterocycles. The van der Waals surface area contributed by atoms with Gasteiger partial charge < -0.3 is 9.47 Å². The van der Waals surface area contributed by atoms with Crippen LogP contribution in [0.2, 0.25) is 0 Å². The third kappa shape index (κ3) is 2.25. The molecule has 1 aliphatic heterocycles. The summed E-state index contributed by atoms with van der Waals surface area (Å²) in [6.07, 6.45) is -0.451. The summed E-state index contributed by atoms with van der Waals surface area (Å²) in [6, 6.07) is 9.82. The second-order valence-electron chi connectivity index (χ2n) is 4.77. The molecule has 3 heteroatoms. The van der Waals surface area contributed by atoms with Crippen LogP contribution in [-0.2, 0) is 20.9 Å². The summed E-state index contributed by atoms with van der Waals surface area (Å²) in [5, 5.41) is 0. The lowest BCUT2D eigenvalue weighted by molar-refractivity contribution is -0.149. The first-order valence-electron chi connectivity index (χ1n) is 5.42. The van der Waals surface area contributed by atoms with Gasteiger partial charge in [-0.1, -0.05) is 44.2 Å². The highest BCUT2D eigenvalue weighted by Gasteiger charge is 2.44. The maximum atomic E-state index is 11.5. The molecular weight excluding hydrogens is 204 g/mol. The fourth-order valence-electron chi connectivity index (χ4n) is 1.77. The van der Waals surface area contributed by atoms with Gasteiger partial charge in [0.05, 0.1) is 13.2 Å². The lowest BCUT2D eigenvalue weighted by atomic mass is 9.90. The van der Waals surface area contributed by atoms with Gasteiger partial charge in [-0.25, -0.2) is 4.79 Å². The number of carbonyl (C=O) groups is 1. The molecule has 1 heterocycles. The first-order valence-corrected chi connectivity index (χ1v) is 5.42. The van der Waals surface area contributed by atoms with Crippen molar-refractivity contribution >= 4 is 5.97 Å². The number of hydrogen-bond acceptors (Lipinski definition) is 3. The van der Waals surface area contributed by atoms with E-state index in [1.165, 1.54) is 0 Å². The normalized spacial score (nSPS) is 23.1. The van der Waals surface area contributed by atoms with E-state index in [9.17, 15) is 4.79 Å². The number of ether oxygens (including phenoxy) is 2. The first-order chi connectivity index (χ1) is 7.59. The first kappa shape index (κ1) is 11.1. The molecule has 1 unspecified atom stereocenters. The SMILES string of the molecule is CC1(C)COC(=O)C1OCc1ccccc1. The van der Waals surface area contributed by atoms with Crippen LogP contribution in [0.1, 0.15) is 19.4 Å². The van der Waals surface area contributed by atoms with Crippen LogP contribution in [-0.4, -0.2) is 18.7 Å². The van der Waals surface area contributed by atoms with E-state index in [1.807, 2.05) is 44.2 Å². The summed E-state index contributed by atoms with van der Waals surface area (Å²) >= 11 is 0. The van der Waals surface area contributed by atoms with Gasteiger partial charge in [0.2, 0.25) is 0 Å². The maximum absolute atomic E-state index is 11.5. The lowest BCUT2D eigenvalue weighted by Gasteiger charge is -2.21. The van der Waals surface area contributed by atoms with Gasteiger partial charge in [-0.05, 0) is 5.56 Å². The van der Waals surface area contributed by atoms with Crippen molar-refractivity contribution in [3.05, 3.63) is 35.9 Å². The van der Waals surface area contributed by atoms with Gasteiger partial charge in [-0.2, -0.15) is 0 Å². The smallest absolute Gasteiger partial charge is 0.335 e. The van der Waals surface area contributed by atoms with Crippen molar-refractivity contribution in [2.24, 2.45) is 5.41 Å². The maximum Gasteiger partial charge on any atom is 0.335 e. The third-order valence-electron chi connectivity index (χ3n) is 2.77. The monoisotopic (exact) mass is 220 g/mol. The molecule has 1 aromatic carbocycles. The molecule has 0 aliphatic carbocycles. The fraction of sp³-hybridized carbons (Fsp3) is 0.462. The molecule has 0 bridgehead atoms. The zero-order chi connectivity index (χ0) is 11.6. The Labute approximate surface area is 95.4 Å². The minimum Gasteiger partial charge on any atom is -0.463 e. The van der Waals surface area contributed by atoms with Gasteiger partial charge in [0.25, 0.3) is 0 Å². The van der Waals surface area contributed by atoms with Gasteiger partial charge in [-0.3, -0.25) is 0 Å². The van der Waals surface area contributed by atoms with E-state index in [0.29, 0.717) is 13.2 Å². The fourth-order valence-corrected chi connectivity index (χ4v) is 1.77. The molecule has 3 nitrogen and oxygen atoms in total. The zero-order valence-corrected chi connectivity index (χ0v) is 9.60. The average molecular weight is 220 g/mol. The summed E-state index contributed by atoms with van der Waals surface area (Å²) < 4.78 is 10.6. The topological polar surface area (TPSA) is 35.5 Å². The van der Waals surface area contributed by atoms with Gasteiger partial charge in [0, 0.05) is 5.41 Å². The molecule has 1 aromatic rings. The number of benzene rings is 1. The van der Waals surface area contributed by atoms with Crippen LogP contribution in [0.3, 0.4) is 0 Å². The quantitative estimate of drug-likeness (QED) is 0.732. The molecule has 1 atom stereocenters. The Balaban J connectivity index is 1.98. The summed E-state index contributed by atoms with van der Waals surface area (Å²) in [6.45, 7) is 4.84. The Morgan fingerprint density at radius 2 is 2.06 bits per heavy atom. The van der Waals surface area contributed by atoms with Crippen molar-refractivity contribution < 1.29 is 14.3 Å². The molecule has 86 valence electrons. The van der Waals surface area contributed by atoms with E-state index in [0.717, 1.165) is 5.56 Å². The Morgan fingerprint density at radius 1 is 1.38 bits per heavy atom. The number of carbonyl (C=O) groups excluding carboxylic acids is 1. The number of esters is 1. The van der Waals surface area contributed by atoms with Crippen LogP contribution in [0.25, 0.3) is 0 Å². The molecule has 0 amide bonds. The second kappa shape index (κ2) is 4.26. The van der Waals surface area contributed by atoms with E-state index in [-0.39, 0.29) is 11.4 Å². The van der Waals surface area contributed by atoms with E-state index >= 15 is 0 Å². The van der Waals surface area contributed by atoms with E-state index in [4.69, 9.17) is 9.47 Å². The highest BCUT2D eigenvalue weighted by molar-refractivity contribution is 5.77. The van der Waals surface area contributed by atoms with Gasteiger partial charge in [0.15, 0.2) is 6.10 Å². The Kier molecular flexibility index (Phi) is 2.97. The van der Waals surface area contributed by atoms with Crippen molar-refractivity contribution in [1.29, 1.82) is 0 Å². The lowest BCUT2D eigenvalue weighted by Crippen LogP contribution is -2.32. The minimum absolute atomic E-state index is 0.230. The number of rotatable bonds is 3. The van der Waals surface area contributed by atoms with Crippen molar-refractivity contribution in [3.8, 4) is 0 Å².